The number of hydrogen-bond donors (Lipinski definition) is 0. The molecule has 0 saturated carbocycles. The van der Waals surface area contributed by atoms with Gasteiger partial charge < -0.3 is 4.74 Å². The molecule has 0 saturated heterocycles. The van der Waals surface area contributed by atoms with Crippen LogP contribution in [0.3, 0.4) is 0 Å². The van der Waals surface area contributed by atoms with E-state index in [1.54, 1.807) is 4.80 Å². The van der Waals surface area contributed by atoms with Crippen molar-refractivity contribution in [3.63, 3.8) is 0 Å². The molecule has 50 heavy (non-hydrogen) atoms. The summed E-state index contributed by atoms with van der Waals surface area (Å²) in [6, 6.07) is 47.5. The number of benzene rings is 5. The number of methoxy groups -OCH3 is 1. The maximum Gasteiger partial charge on any atom is 0.341 e. The van der Waals surface area contributed by atoms with Gasteiger partial charge in [-0.3, -0.25) is 4.68 Å². The number of rotatable bonds is 11. The Morgan fingerprint density at radius 3 is 1.78 bits per heavy atom. The fourth-order valence-corrected chi connectivity index (χ4v) is 6.85. The van der Waals surface area contributed by atoms with Gasteiger partial charge in [0.15, 0.2) is 5.54 Å². The third-order valence-corrected chi connectivity index (χ3v) is 9.15. The van der Waals surface area contributed by atoms with Crippen molar-refractivity contribution >= 4 is 5.97 Å². The Bertz CT molecular complexity index is 2110. The van der Waals surface area contributed by atoms with Crippen molar-refractivity contribution in [3.05, 3.63) is 179 Å². The summed E-state index contributed by atoms with van der Waals surface area (Å²) in [5.41, 5.74) is 8.25. The van der Waals surface area contributed by atoms with E-state index in [-0.39, 0.29) is 5.97 Å². The third kappa shape index (κ3) is 5.89. The molecule has 0 bridgehead atoms. The highest BCUT2D eigenvalue weighted by Crippen LogP contribution is 2.40. The highest BCUT2D eigenvalue weighted by atomic mass is 16.5. The quantitative estimate of drug-likeness (QED) is 0.103. The monoisotopic (exact) mass is 658 g/mol. The van der Waals surface area contributed by atoms with Gasteiger partial charge in [0.05, 0.1) is 18.5 Å². The summed E-state index contributed by atoms with van der Waals surface area (Å²) < 4.78 is 7.04. The number of aromatic nitrogens is 6. The number of aryl methyl sites for hydroxylation is 2. The summed E-state index contributed by atoms with van der Waals surface area (Å²) in [6.45, 7) is 4.69. The average Bonchev–Trinajstić information content (AvgIpc) is 3.78. The van der Waals surface area contributed by atoms with Gasteiger partial charge >= 0.3 is 5.97 Å². The molecule has 0 N–H and O–H groups in total. The molecule has 0 aliphatic carbocycles. The number of carbonyl (C=O) groups is 1. The fourth-order valence-electron chi connectivity index (χ4n) is 6.85. The Balaban J connectivity index is 1.28. The zero-order valence-corrected chi connectivity index (χ0v) is 28.4. The van der Waals surface area contributed by atoms with Gasteiger partial charge in [-0.05, 0) is 51.9 Å². The van der Waals surface area contributed by atoms with Crippen molar-refractivity contribution in [2.45, 2.75) is 38.8 Å². The first-order valence-corrected chi connectivity index (χ1v) is 16.8. The van der Waals surface area contributed by atoms with Crippen molar-refractivity contribution in [1.82, 2.24) is 30.0 Å². The number of hydrogen-bond acceptors (Lipinski definition) is 6. The molecule has 248 valence electrons. The van der Waals surface area contributed by atoms with Crippen LogP contribution in [0.5, 0.6) is 0 Å². The zero-order chi connectivity index (χ0) is 34.5. The molecule has 2 heterocycles. The molecule has 8 heteroatoms. The van der Waals surface area contributed by atoms with Gasteiger partial charge in [0.25, 0.3) is 0 Å². The fraction of sp³-hybridized carbons (Fsp3) is 0.167. The lowest BCUT2D eigenvalue weighted by Gasteiger charge is -2.34. The molecule has 0 aliphatic rings. The molecular formula is C42H38N6O2. The number of ether oxygens (including phenoxy) is 1. The summed E-state index contributed by atoms with van der Waals surface area (Å²) in [5.74, 6) is 0.167. The predicted octanol–water partition coefficient (Wildman–Crippen LogP) is 8.14. The Labute approximate surface area is 292 Å². The molecular weight excluding hydrogens is 621 g/mol. The molecule has 8 nitrogen and oxygen atoms in total. The molecule has 7 rings (SSSR count). The van der Waals surface area contributed by atoms with Crippen LogP contribution < -0.4 is 0 Å². The van der Waals surface area contributed by atoms with Gasteiger partial charge in [0.2, 0.25) is 5.82 Å². The van der Waals surface area contributed by atoms with Gasteiger partial charge in [-0.1, -0.05) is 146 Å². The third-order valence-electron chi connectivity index (χ3n) is 9.15. The number of esters is 1. The highest BCUT2D eigenvalue weighted by molar-refractivity contribution is 5.92. The van der Waals surface area contributed by atoms with Crippen LogP contribution in [-0.4, -0.2) is 43.1 Å². The van der Waals surface area contributed by atoms with E-state index in [0.29, 0.717) is 23.5 Å². The van der Waals surface area contributed by atoms with E-state index >= 15 is 0 Å². The lowest BCUT2D eigenvalue weighted by atomic mass is 9.77. The van der Waals surface area contributed by atoms with Gasteiger partial charge in [-0.15, -0.1) is 15.0 Å². The molecule has 0 amide bonds. The summed E-state index contributed by atoms with van der Waals surface area (Å²) in [5, 5.41) is 19.2. The largest absolute Gasteiger partial charge is 0.465 e. The standard InChI is InChI=1S/C42H38N6O2/c1-4-28-47-38(39(30(2)44-47)41(49)50-3)29-31-24-26-32(27-25-31)36-22-14-15-23-37(36)40-43-46-48(45-40)42(33-16-8-5-9-17-33,34-18-10-6-11-19-34)35-20-12-7-13-21-35/h5-27H,4,28-29H2,1-3H3. The Kier molecular flexibility index (Phi) is 9.16. The first-order chi connectivity index (χ1) is 24.5. The van der Waals surface area contributed by atoms with Gasteiger partial charge in [0.1, 0.15) is 5.56 Å². The van der Waals surface area contributed by atoms with Crippen molar-refractivity contribution in [1.29, 1.82) is 0 Å². The van der Waals surface area contributed by atoms with E-state index in [2.05, 4.69) is 78.8 Å². The maximum absolute atomic E-state index is 12.7. The minimum Gasteiger partial charge on any atom is -0.465 e. The van der Waals surface area contributed by atoms with Crippen LogP contribution in [-0.2, 0) is 23.2 Å². The highest BCUT2D eigenvalue weighted by Gasteiger charge is 2.41. The molecule has 2 aromatic heterocycles. The van der Waals surface area contributed by atoms with E-state index in [0.717, 1.165) is 57.6 Å². The first-order valence-electron chi connectivity index (χ1n) is 16.8. The molecule has 0 aliphatic heterocycles. The van der Waals surface area contributed by atoms with E-state index < -0.39 is 5.54 Å². The average molecular weight is 659 g/mol. The van der Waals surface area contributed by atoms with Crippen LogP contribution in [0.25, 0.3) is 22.5 Å². The molecule has 0 unspecified atom stereocenters. The Morgan fingerprint density at radius 2 is 1.24 bits per heavy atom. The topological polar surface area (TPSA) is 87.7 Å². The molecule has 7 aromatic rings. The summed E-state index contributed by atoms with van der Waals surface area (Å²) in [7, 11) is 1.41. The Hall–Kier alpha value is -6.15. The van der Waals surface area contributed by atoms with Crippen LogP contribution in [0.4, 0.5) is 0 Å². The second-order valence-electron chi connectivity index (χ2n) is 12.3. The van der Waals surface area contributed by atoms with Crippen LogP contribution in [0.15, 0.2) is 140 Å². The van der Waals surface area contributed by atoms with E-state index in [1.165, 1.54) is 7.11 Å². The lowest BCUT2D eigenvalue weighted by molar-refractivity contribution is 0.0598. The minimum atomic E-state index is -0.864. The lowest BCUT2D eigenvalue weighted by Crippen LogP contribution is -2.39. The second kappa shape index (κ2) is 14.1. The second-order valence-corrected chi connectivity index (χ2v) is 12.3. The summed E-state index contributed by atoms with van der Waals surface area (Å²) in [6.07, 6.45) is 1.47. The number of carbonyl (C=O) groups excluding carboxylic acids is 1. The smallest absolute Gasteiger partial charge is 0.341 e. The number of nitrogens with zero attached hydrogens (tertiary/aromatic N) is 6. The van der Waals surface area contributed by atoms with Crippen LogP contribution >= 0.6 is 0 Å². The van der Waals surface area contributed by atoms with Crippen molar-refractivity contribution in [3.8, 4) is 22.5 Å². The normalized spacial score (nSPS) is 11.4. The van der Waals surface area contributed by atoms with Crippen LogP contribution in [0, 0.1) is 6.92 Å². The molecule has 0 radical (unpaired) electrons. The molecule has 0 atom stereocenters. The van der Waals surface area contributed by atoms with Crippen molar-refractivity contribution in [2.24, 2.45) is 0 Å². The summed E-state index contributed by atoms with van der Waals surface area (Å²) in [4.78, 5) is 14.4. The Morgan fingerprint density at radius 1 is 0.700 bits per heavy atom. The van der Waals surface area contributed by atoms with Crippen molar-refractivity contribution in [2.75, 3.05) is 7.11 Å². The van der Waals surface area contributed by atoms with Gasteiger partial charge in [-0.2, -0.15) is 5.10 Å². The van der Waals surface area contributed by atoms with E-state index in [4.69, 9.17) is 20.1 Å². The zero-order valence-electron chi connectivity index (χ0n) is 28.4. The van der Waals surface area contributed by atoms with Crippen LogP contribution in [0.2, 0.25) is 0 Å². The summed E-state index contributed by atoms with van der Waals surface area (Å²) >= 11 is 0. The molecule has 5 aromatic carbocycles. The van der Waals surface area contributed by atoms with Crippen LogP contribution in [0.1, 0.15) is 57.3 Å². The van der Waals surface area contributed by atoms with Crippen molar-refractivity contribution < 1.29 is 9.53 Å². The minimum absolute atomic E-state index is 0.359. The van der Waals surface area contributed by atoms with E-state index in [9.17, 15) is 4.79 Å². The maximum atomic E-state index is 12.7. The van der Waals surface area contributed by atoms with Gasteiger partial charge in [-0.25, -0.2) is 4.79 Å². The first kappa shape index (κ1) is 32.4. The molecule has 0 fully saturated rings. The number of tetrazole rings is 1. The predicted molar refractivity (Wildman–Crippen MR) is 195 cm³/mol. The SMILES string of the molecule is CCCn1nc(C)c(C(=O)OC)c1Cc1ccc(-c2ccccc2-c2nnn(C(c3ccccc3)(c3ccccc3)c3ccccc3)n2)cc1. The molecule has 0 spiro atoms. The van der Waals surface area contributed by atoms with E-state index in [1.807, 2.05) is 84.4 Å². The van der Waals surface area contributed by atoms with Gasteiger partial charge in [0, 0.05) is 18.5 Å².